The maximum absolute atomic E-state index is 11.9. The van der Waals surface area contributed by atoms with E-state index in [0.717, 1.165) is 50.5 Å². The summed E-state index contributed by atoms with van der Waals surface area (Å²) in [4.78, 5) is 27.9. The van der Waals surface area contributed by atoms with Gasteiger partial charge in [0.1, 0.15) is 17.4 Å². The van der Waals surface area contributed by atoms with Crippen molar-refractivity contribution in [3.63, 3.8) is 0 Å². The SMILES string of the molecule is CC(c1ccc(Cl)cc1Cl)n1nc(C#N)c2ncc(N3CC(C4CCCN(CCCC(=O)N(C)C)C4)C3)nc21. The summed E-state index contributed by atoms with van der Waals surface area (Å²) in [6, 6.07) is 7.27. The molecule has 0 spiro atoms. The molecule has 0 bridgehead atoms. The predicted octanol–water partition coefficient (Wildman–Crippen LogP) is 4.63. The van der Waals surface area contributed by atoms with E-state index in [1.807, 2.05) is 27.1 Å². The van der Waals surface area contributed by atoms with Gasteiger partial charge in [-0.3, -0.25) is 4.79 Å². The first-order valence-corrected chi connectivity index (χ1v) is 14.3. The van der Waals surface area contributed by atoms with Gasteiger partial charge in [-0.2, -0.15) is 10.4 Å². The molecular formula is C28H34Cl2N8O. The smallest absolute Gasteiger partial charge is 0.222 e. The topological polar surface area (TPSA) is 94.2 Å². The van der Waals surface area contributed by atoms with Crippen LogP contribution in [-0.4, -0.2) is 82.3 Å². The number of likely N-dealkylation sites (tertiary alicyclic amines) is 1. The van der Waals surface area contributed by atoms with Crippen molar-refractivity contribution < 1.29 is 4.79 Å². The average Bonchev–Trinajstić information content (AvgIpc) is 3.26. The molecule has 5 rings (SSSR count). The van der Waals surface area contributed by atoms with Crippen LogP contribution in [0.3, 0.4) is 0 Å². The molecule has 1 aromatic carbocycles. The Balaban J connectivity index is 1.26. The lowest BCUT2D eigenvalue weighted by Gasteiger charge is -2.47. The molecule has 2 aliphatic heterocycles. The van der Waals surface area contributed by atoms with E-state index in [0.29, 0.717) is 39.5 Å². The Hall–Kier alpha value is -2.93. The van der Waals surface area contributed by atoms with Gasteiger partial charge in [-0.25, -0.2) is 14.6 Å². The molecular weight excluding hydrogens is 535 g/mol. The van der Waals surface area contributed by atoms with Gasteiger partial charge in [-0.05, 0) is 68.8 Å². The van der Waals surface area contributed by atoms with Gasteiger partial charge in [0.05, 0.1) is 12.2 Å². The van der Waals surface area contributed by atoms with Crippen LogP contribution in [0.4, 0.5) is 5.82 Å². The van der Waals surface area contributed by atoms with Gasteiger partial charge >= 0.3 is 0 Å². The van der Waals surface area contributed by atoms with Gasteiger partial charge in [0.25, 0.3) is 0 Å². The van der Waals surface area contributed by atoms with Crippen LogP contribution in [-0.2, 0) is 4.79 Å². The third kappa shape index (κ3) is 5.84. The molecule has 3 aromatic rings. The number of halogens is 2. The monoisotopic (exact) mass is 568 g/mol. The molecule has 2 saturated heterocycles. The number of amides is 1. The van der Waals surface area contributed by atoms with E-state index in [4.69, 9.17) is 28.2 Å². The molecule has 2 aliphatic rings. The number of carbonyl (C=O) groups is 1. The summed E-state index contributed by atoms with van der Waals surface area (Å²) >= 11 is 12.6. The number of rotatable bonds is 8. The van der Waals surface area contributed by atoms with Gasteiger partial charge in [-0.15, -0.1) is 0 Å². The number of nitrogens with zero attached hydrogens (tertiary/aromatic N) is 8. The standard InChI is InChI=1S/C28H34Cl2N8O/c1-18(22-9-8-21(29)12-23(22)30)38-28-27(24(13-31)34-38)32-14-25(33-28)37-16-20(17-37)19-6-4-10-36(15-19)11-5-7-26(39)35(2)3/h8-9,12,14,18-20H,4-7,10-11,15-17H2,1-3H3. The van der Waals surface area contributed by atoms with Crippen molar-refractivity contribution in [3.05, 3.63) is 45.7 Å². The van der Waals surface area contributed by atoms with E-state index in [1.54, 1.807) is 27.9 Å². The highest BCUT2D eigenvalue weighted by molar-refractivity contribution is 6.35. The molecule has 9 nitrogen and oxygen atoms in total. The van der Waals surface area contributed by atoms with Crippen LogP contribution in [0.1, 0.15) is 49.9 Å². The summed E-state index contributed by atoms with van der Waals surface area (Å²) in [5, 5.41) is 15.3. The molecule has 11 heteroatoms. The van der Waals surface area contributed by atoms with Gasteiger partial charge in [0.2, 0.25) is 5.91 Å². The normalized spacial score (nSPS) is 19.1. The fraction of sp³-hybridized carbons (Fsp3) is 0.536. The molecule has 4 heterocycles. The molecule has 2 atom stereocenters. The van der Waals surface area contributed by atoms with Gasteiger partial charge in [0, 0.05) is 50.2 Å². The second-order valence-electron chi connectivity index (χ2n) is 10.9. The number of hydrogen-bond donors (Lipinski definition) is 0. The number of fused-ring (bicyclic) bond motifs is 1. The molecule has 2 fully saturated rings. The second-order valence-corrected chi connectivity index (χ2v) is 11.8. The third-order valence-corrected chi connectivity index (χ3v) is 8.64. The Morgan fingerprint density at radius 3 is 2.74 bits per heavy atom. The van der Waals surface area contributed by atoms with E-state index in [9.17, 15) is 10.1 Å². The first kappa shape index (κ1) is 27.6. The molecule has 0 radical (unpaired) electrons. The highest BCUT2D eigenvalue weighted by Gasteiger charge is 2.36. The number of carbonyl (C=O) groups excluding carboxylic acids is 1. The lowest BCUT2D eigenvalue weighted by atomic mass is 9.80. The van der Waals surface area contributed by atoms with E-state index in [-0.39, 0.29) is 17.6 Å². The van der Waals surface area contributed by atoms with Crippen molar-refractivity contribution in [2.24, 2.45) is 11.8 Å². The largest absolute Gasteiger partial charge is 0.355 e. The zero-order chi connectivity index (χ0) is 27.7. The van der Waals surface area contributed by atoms with Crippen molar-refractivity contribution in [2.45, 2.75) is 38.6 Å². The van der Waals surface area contributed by atoms with Crippen molar-refractivity contribution in [2.75, 3.05) is 51.7 Å². The molecule has 1 amide bonds. The number of nitriles is 1. The maximum Gasteiger partial charge on any atom is 0.222 e. The number of aromatic nitrogens is 4. The Labute approximate surface area is 239 Å². The van der Waals surface area contributed by atoms with Crippen molar-refractivity contribution in [1.29, 1.82) is 5.26 Å². The fourth-order valence-corrected chi connectivity index (χ4v) is 6.29. The quantitative estimate of drug-likeness (QED) is 0.391. The Morgan fingerprint density at radius 2 is 2.03 bits per heavy atom. The zero-order valence-electron chi connectivity index (χ0n) is 22.6. The lowest BCUT2D eigenvalue weighted by Crippen LogP contribution is -2.54. The number of anilines is 1. The third-order valence-electron chi connectivity index (χ3n) is 8.08. The maximum atomic E-state index is 11.9. The van der Waals surface area contributed by atoms with Crippen LogP contribution in [0.2, 0.25) is 10.0 Å². The number of benzene rings is 1. The highest BCUT2D eigenvalue weighted by Crippen LogP contribution is 2.35. The van der Waals surface area contributed by atoms with E-state index < -0.39 is 0 Å². The van der Waals surface area contributed by atoms with Crippen LogP contribution in [0, 0.1) is 23.2 Å². The van der Waals surface area contributed by atoms with Crippen LogP contribution >= 0.6 is 23.2 Å². The summed E-state index contributed by atoms with van der Waals surface area (Å²) in [6.07, 6.45) is 5.72. The van der Waals surface area contributed by atoms with Crippen LogP contribution in [0.15, 0.2) is 24.4 Å². The molecule has 2 aromatic heterocycles. The van der Waals surface area contributed by atoms with Crippen LogP contribution in [0.25, 0.3) is 11.2 Å². The van der Waals surface area contributed by atoms with Gasteiger partial charge in [0.15, 0.2) is 11.3 Å². The van der Waals surface area contributed by atoms with Gasteiger partial charge in [-0.1, -0.05) is 29.3 Å². The Morgan fingerprint density at radius 1 is 1.23 bits per heavy atom. The number of piperidine rings is 1. The van der Waals surface area contributed by atoms with Crippen molar-refractivity contribution in [1.82, 2.24) is 29.5 Å². The number of hydrogen-bond acceptors (Lipinski definition) is 7. The molecule has 39 heavy (non-hydrogen) atoms. The molecule has 206 valence electrons. The first-order chi connectivity index (χ1) is 18.7. The van der Waals surface area contributed by atoms with Crippen molar-refractivity contribution in [3.8, 4) is 6.07 Å². The fourth-order valence-electron chi connectivity index (χ4n) is 5.72. The average molecular weight is 570 g/mol. The summed E-state index contributed by atoms with van der Waals surface area (Å²) < 4.78 is 1.73. The summed E-state index contributed by atoms with van der Waals surface area (Å²) in [7, 11) is 3.63. The van der Waals surface area contributed by atoms with E-state index in [1.165, 1.54) is 12.8 Å². The Bertz CT molecular complexity index is 1390. The summed E-state index contributed by atoms with van der Waals surface area (Å²) in [6.45, 7) is 7.05. The zero-order valence-corrected chi connectivity index (χ0v) is 24.2. The minimum Gasteiger partial charge on any atom is -0.355 e. The van der Waals surface area contributed by atoms with E-state index in [2.05, 4.69) is 26.0 Å². The summed E-state index contributed by atoms with van der Waals surface area (Å²) in [5.74, 6) is 2.26. The highest BCUT2D eigenvalue weighted by atomic mass is 35.5. The minimum atomic E-state index is -0.255. The van der Waals surface area contributed by atoms with Crippen molar-refractivity contribution >= 4 is 46.1 Å². The first-order valence-electron chi connectivity index (χ1n) is 13.5. The molecule has 2 unspecified atom stereocenters. The molecule has 0 saturated carbocycles. The van der Waals surface area contributed by atoms with E-state index >= 15 is 0 Å². The lowest BCUT2D eigenvalue weighted by molar-refractivity contribution is -0.128. The van der Waals surface area contributed by atoms with Crippen LogP contribution < -0.4 is 4.90 Å². The van der Waals surface area contributed by atoms with Gasteiger partial charge < -0.3 is 14.7 Å². The Kier molecular flexibility index (Phi) is 8.27. The van der Waals surface area contributed by atoms with Crippen LogP contribution in [0.5, 0.6) is 0 Å². The molecule has 0 N–H and O–H groups in total. The summed E-state index contributed by atoms with van der Waals surface area (Å²) in [5.41, 5.74) is 2.16. The molecule has 0 aliphatic carbocycles. The second kappa shape index (κ2) is 11.7. The minimum absolute atomic E-state index is 0.199. The predicted molar refractivity (Wildman–Crippen MR) is 153 cm³/mol.